The van der Waals surface area contributed by atoms with Gasteiger partial charge in [0.1, 0.15) is 24.5 Å². The second-order valence-electron chi connectivity index (χ2n) is 8.62. The predicted molar refractivity (Wildman–Crippen MR) is 141 cm³/mol. The summed E-state index contributed by atoms with van der Waals surface area (Å²) >= 11 is 4.03. The summed E-state index contributed by atoms with van der Waals surface area (Å²) in [6.07, 6.45) is 0.851. The molecule has 7 nitrogen and oxygen atoms in total. The molecule has 2 aromatic carbocycles. The summed E-state index contributed by atoms with van der Waals surface area (Å²) in [5, 5.41) is 24.1. The molecule has 0 aliphatic carbocycles. The molecule has 3 N–H and O–H groups in total. The van der Waals surface area contributed by atoms with Gasteiger partial charge in [-0.05, 0) is 24.3 Å². The first-order chi connectivity index (χ1) is 15.7. The number of benzene rings is 2. The van der Waals surface area contributed by atoms with Crippen molar-refractivity contribution in [1.29, 1.82) is 0 Å². The van der Waals surface area contributed by atoms with Crippen LogP contribution < -0.4 is 10.1 Å². The monoisotopic (exact) mass is 512 g/mol. The van der Waals surface area contributed by atoms with Crippen LogP contribution >= 0.6 is 25.0 Å². The number of aliphatic carboxylic acids is 1. The SMILES string of the molecule is CC(C)NCC(O)COc1cccc2ccccc12.C[C@H](CS)C(=O)N1CCC[C@H]1C(=O)O.Cl. The van der Waals surface area contributed by atoms with E-state index in [9.17, 15) is 14.7 Å². The Morgan fingerprint density at radius 3 is 2.50 bits per heavy atom. The summed E-state index contributed by atoms with van der Waals surface area (Å²) in [6.45, 7) is 7.28. The van der Waals surface area contributed by atoms with Gasteiger partial charge in [0, 0.05) is 36.2 Å². The summed E-state index contributed by atoms with van der Waals surface area (Å²) in [7, 11) is 0. The Kier molecular flexibility index (Phi) is 13.3. The van der Waals surface area contributed by atoms with Gasteiger partial charge in [0.2, 0.25) is 5.91 Å². The van der Waals surface area contributed by atoms with Crippen molar-refractivity contribution in [2.24, 2.45) is 5.92 Å². The number of hydrogen-bond acceptors (Lipinski definition) is 6. The summed E-state index contributed by atoms with van der Waals surface area (Å²) in [4.78, 5) is 24.0. The number of carboxylic acid groups (broad SMARTS) is 1. The Bertz CT molecular complexity index is 909. The normalized spacial score (nSPS) is 16.9. The number of rotatable bonds is 9. The van der Waals surface area contributed by atoms with E-state index in [-0.39, 0.29) is 24.2 Å². The maximum absolute atomic E-state index is 11.7. The van der Waals surface area contributed by atoms with E-state index in [0.29, 0.717) is 37.9 Å². The number of halogens is 1. The molecular weight excluding hydrogens is 476 g/mol. The topological polar surface area (TPSA) is 99.1 Å². The molecule has 1 heterocycles. The number of thiol groups is 1. The third-order valence-electron chi connectivity index (χ3n) is 5.46. The Morgan fingerprint density at radius 1 is 1.18 bits per heavy atom. The molecule has 0 bridgehead atoms. The lowest BCUT2D eigenvalue weighted by Gasteiger charge is -2.24. The minimum atomic E-state index is -0.901. The van der Waals surface area contributed by atoms with E-state index < -0.39 is 18.1 Å². The van der Waals surface area contributed by atoms with Crippen LogP contribution in [0.3, 0.4) is 0 Å². The fraction of sp³-hybridized carbons (Fsp3) is 0.520. The third-order valence-corrected chi connectivity index (χ3v) is 6.01. The molecule has 3 atom stereocenters. The number of carbonyl (C=O) groups is 2. The van der Waals surface area contributed by atoms with Gasteiger partial charge >= 0.3 is 5.97 Å². The van der Waals surface area contributed by atoms with Gasteiger partial charge in [-0.2, -0.15) is 12.6 Å². The lowest BCUT2D eigenvalue weighted by Crippen LogP contribution is -2.43. The van der Waals surface area contributed by atoms with Gasteiger partial charge in [-0.1, -0.05) is 57.2 Å². The van der Waals surface area contributed by atoms with Gasteiger partial charge in [-0.25, -0.2) is 4.79 Å². The van der Waals surface area contributed by atoms with Gasteiger partial charge in [0.15, 0.2) is 0 Å². The highest BCUT2D eigenvalue weighted by Crippen LogP contribution is 2.25. The van der Waals surface area contributed by atoms with E-state index >= 15 is 0 Å². The Morgan fingerprint density at radius 2 is 1.85 bits per heavy atom. The maximum Gasteiger partial charge on any atom is 0.326 e. The molecule has 2 aromatic rings. The van der Waals surface area contributed by atoms with Crippen LogP contribution in [0.25, 0.3) is 10.8 Å². The summed E-state index contributed by atoms with van der Waals surface area (Å²) < 4.78 is 5.72. The molecule has 9 heteroatoms. The molecule has 0 spiro atoms. The molecule has 0 radical (unpaired) electrons. The standard InChI is InChI=1S/C16H21NO2.C9H15NO3S.ClH/c1-12(2)17-10-14(18)11-19-16-9-5-7-13-6-3-4-8-15(13)16;1-6(5-14)8(11)10-4-2-3-7(10)9(12)13;/h3-9,12,14,17-18H,10-11H2,1-2H3;6-7,14H,2-5H2,1H3,(H,12,13);1H/t;6-,7+;/m.1./s1. The van der Waals surface area contributed by atoms with Gasteiger partial charge in [0.05, 0.1) is 0 Å². The molecule has 190 valence electrons. The van der Waals surface area contributed by atoms with Crippen LogP contribution in [0.1, 0.15) is 33.6 Å². The first-order valence-electron chi connectivity index (χ1n) is 11.4. The number of fused-ring (bicyclic) bond motifs is 1. The van der Waals surface area contributed by atoms with Crippen molar-refractivity contribution < 1.29 is 24.5 Å². The lowest BCUT2D eigenvalue weighted by molar-refractivity contribution is -0.149. The molecule has 1 aliphatic rings. The van der Waals surface area contributed by atoms with Crippen LogP contribution in [0.15, 0.2) is 42.5 Å². The van der Waals surface area contributed by atoms with Crippen LogP contribution in [-0.4, -0.2) is 70.6 Å². The molecule has 0 aromatic heterocycles. The number of carboxylic acids is 1. The fourth-order valence-corrected chi connectivity index (χ4v) is 3.74. The number of nitrogens with zero attached hydrogens (tertiary/aromatic N) is 1. The zero-order chi connectivity index (χ0) is 24.4. The molecular formula is C25H37ClN2O5S. The lowest BCUT2D eigenvalue weighted by atomic mass is 10.1. The highest BCUT2D eigenvalue weighted by atomic mass is 35.5. The van der Waals surface area contributed by atoms with Crippen molar-refractivity contribution in [3.8, 4) is 5.75 Å². The number of nitrogens with one attached hydrogen (secondary N) is 1. The highest BCUT2D eigenvalue weighted by molar-refractivity contribution is 7.80. The first-order valence-corrected chi connectivity index (χ1v) is 12.0. The van der Waals surface area contributed by atoms with Crippen molar-refractivity contribution in [3.05, 3.63) is 42.5 Å². The zero-order valence-corrected chi connectivity index (χ0v) is 21.7. The van der Waals surface area contributed by atoms with E-state index in [4.69, 9.17) is 9.84 Å². The Labute approximate surface area is 213 Å². The summed E-state index contributed by atoms with van der Waals surface area (Å²) in [5.74, 6) is 0.0916. The largest absolute Gasteiger partial charge is 0.490 e. The van der Waals surface area contributed by atoms with Crippen LogP contribution in [0, 0.1) is 5.92 Å². The molecule has 3 rings (SSSR count). The number of carbonyl (C=O) groups excluding carboxylic acids is 1. The zero-order valence-electron chi connectivity index (χ0n) is 20.0. The number of aliphatic hydroxyl groups excluding tert-OH is 1. The van der Waals surface area contributed by atoms with Crippen LogP contribution in [-0.2, 0) is 9.59 Å². The molecule has 1 saturated heterocycles. The van der Waals surface area contributed by atoms with Crippen LogP contribution in [0.5, 0.6) is 5.75 Å². The average molecular weight is 513 g/mol. The third kappa shape index (κ3) is 8.98. The van der Waals surface area contributed by atoms with Gasteiger partial charge in [-0.15, -0.1) is 12.4 Å². The van der Waals surface area contributed by atoms with Crippen molar-refractivity contribution in [1.82, 2.24) is 10.2 Å². The molecule has 34 heavy (non-hydrogen) atoms. The number of ether oxygens (including phenoxy) is 1. The molecule has 1 aliphatic heterocycles. The van der Waals surface area contributed by atoms with E-state index in [1.807, 2.05) is 30.3 Å². The number of likely N-dealkylation sites (tertiary alicyclic amines) is 1. The quantitative estimate of drug-likeness (QED) is 0.383. The second kappa shape index (κ2) is 15.1. The minimum Gasteiger partial charge on any atom is -0.490 e. The van der Waals surface area contributed by atoms with Crippen LogP contribution in [0.4, 0.5) is 0 Å². The molecule has 1 fully saturated rings. The maximum atomic E-state index is 11.7. The van der Waals surface area contributed by atoms with E-state index in [2.05, 4.69) is 43.9 Å². The summed E-state index contributed by atoms with van der Waals surface area (Å²) in [6, 6.07) is 13.8. The van der Waals surface area contributed by atoms with Crippen LogP contribution in [0.2, 0.25) is 0 Å². The predicted octanol–water partition coefficient (Wildman–Crippen LogP) is 3.63. The molecule has 1 amide bonds. The van der Waals surface area contributed by atoms with Gasteiger partial charge in [-0.3, -0.25) is 4.79 Å². The number of aliphatic hydroxyl groups is 1. The summed E-state index contributed by atoms with van der Waals surface area (Å²) in [5.41, 5.74) is 0. The Balaban J connectivity index is 0.000000346. The van der Waals surface area contributed by atoms with E-state index in [1.54, 1.807) is 6.92 Å². The van der Waals surface area contributed by atoms with Gasteiger partial charge < -0.3 is 25.2 Å². The number of hydrogen-bond donors (Lipinski definition) is 4. The molecule has 1 unspecified atom stereocenters. The van der Waals surface area contributed by atoms with Crippen molar-refractivity contribution in [2.75, 3.05) is 25.4 Å². The highest BCUT2D eigenvalue weighted by Gasteiger charge is 2.35. The van der Waals surface area contributed by atoms with Gasteiger partial charge in [0.25, 0.3) is 0 Å². The first kappa shape index (κ1) is 30.0. The smallest absolute Gasteiger partial charge is 0.326 e. The van der Waals surface area contributed by atoms with Crippen molar-refractivity contribution in [2.45, 2.75) is 51.8 Å². The average Bonchev–Trinajstić information content (AvgIpc) is 3.31. The Hall–Kier alpha value is -2.00. The molecule has 0 saturated carbocycles. The fourth-order valence-electron chi connectivity index (χ4n) is 3.59. The second-order valence-corrected chi connectivity index (χ2v) is 8.98. The minimum absolute atomic E-state index is 0. The number of amides is 1. The van der Waals surface area contributed by atoms with E-state index in [1.165, 1.54) is 4.90 Å². The van der Waals surface area contributed by atoms with Crippen molar-refractivity contribution >= 4 is 47.7 Å². The van der Waals surface area contributed by atoms with E-state index in [0.717, 1.165) is 22.9 Å². The van der Waals surface area contributed by atoms with Crippen molar-refractivity contribution in [3.63, 3.8) is 0 Å².